The first-order valence-electron chi connectivity index (χ1n) is 6.82. The van der Waals surface area contributed by atoms with Crippen molar-refractivity contribution in [2.75, 3.05) is 45.8 Å². The van der Waals surface area contributed by atoms with Gasteiger partial charge >= 0.3 is 0 Å². The molecule has 1 aromatic carbocycles. The lowest BCUT2D eigenvalue weighted by Gasteiger charge is -2.30. The van der Waals surface area contributed by atoms with Crippen LogP contribution in [0.3, 0.4) is 0 Å². The smallest absolute Gasteiger partial charge is 0.265 e. The van der Waals surface area contributed by atoms with Gasteiger partial charge in [0.15, 0.2) is 18.1 Å². The fraction of sp³-hybridized carbons (Fsp3) is 0.467. The maximum absolute atomic E-state index is 12.1. The van der Waals surface area contributed by atoms with Crippen LogP contribution in [0.15, 0.2) is 12.1 Å². The second kappa shape index (κ2) is 6.58. The number of benzene rings is 1. The molecule has 114 valence electrons. The number of amides is 1. The zero-order valence-electron chi connectivity index (χ0n) is 12.6. The maximum atomic E-state index is 12.1. The highest BCUT2D eigenvalue weighted by atomic mass is 16.5. The van der Waals surface area contributed by atoms with Crippen molar-refractivity contribution in [1.29, 1.82) is 0 Å². The van der Waals surface area contributed by atoms with Crippen molar-refractivity contribution in [2.45, 2.75) is 6.42 Å². The minimum Gasteiger partial charge on any atom is -0.493 e. The second-order valence-electron chi connectivity index (χ2n) is 5.18. The third-order valence-corrected chi connectivity index (χ3v) is 3.33. The largest absolute Gasteiger partial charge is 0.493 e. The van der Waals surface area contributed by atoms with E-state index >= 15 is 0 Å². The molecule has 1 heterocycles. The van der Waals surface area contributed by atoms with Gasteiger partial charge in [-0.1, -0.05) is 0 Å². The van der Waals surface area contributed by atoms with Gasteiger partial charge in [0.2, 0.25) is 0 Å². The number of nitrogens with zero attached hydrogens (tertiary/aromatic N) is 2. The molecule has 0 saturated heterocycles. The molecule has 1 aliphatic heterocycles. The topological polar surface area (TPSA) is 59.1 Å². The summed E-state index contributed by atoms with van der Waals surface area (Å²) in [5.41, 5.74) is 1.06. The second-order valence-corrected chi connectivity index (χ2v) is 5.18. The molecule has 1 amide bonds. The maximum Gasteiger partial charge on any atom is 0.265 e. The number of carbonyl (C=O) groups is 2. The molecule has 0 atom stereocenters. The molecule has 1 aromatic rings. The molecule has 0 unspecified atom stereocenters. The fourth-order valence-electron chi connectivity index (χ4n) is 2.31. The summed E-state index contributed by atoms with van der Waals surface area (Å²) in [4.78, 5) is 26.9. The van der Waals surface area contributed by atoms with Crippen LogP contribution in [0.1, 0.15) is 16.8 Å². The van der Waals surface area contributed by atoms with E-state index in [1.807, 2.05) is 14.1 Å². The molecule has 2 rings (SSSR count). The summed E-state index contributed by atoms with van der Waals surface area (Å²) in [6.07, 6.45) is 1.58. The Labute approximate surface area is 124 Å². The first-order valence-corrected chi connectivity index (χ1v) is 6.82. The highest BCUT2D eigenvalue weighted by Gasteiger charge is 2.28. The van der Waals surface area contributed by atoms with E-state index in [2.05, 4.69) is 4.90 Å². The summed E-state index contributed by atoms with van der Waals surface area (Å²) < 4.78 is 10.7. The van der Waals surface area contributed by atoms with Crippen molar-refractivity contribution in [1.82, 2.24) is 4.90 Å². The van der Waals surface area contributed by atoms with Crippen LogP contribution in [0.4, 0.5) is 5.69 Å². The summed E-state index contributed by atoms with van der Waals surface area (Å²) in [5.74, 6) is 0.888. The molecule has 6 nitrogen and oxygen atoms in total. The van der Waals surface area contributed by atoms with Crippen LogP contribution >= 0.6 is 0 Å². The van der Waals surface area contributed by atoms with Gasteiger partial charge in [0.1, 0.15) is 6.29 Å². The number of anilines is 1. The number of rotatable bonds is 6. The first-order chi connectivity index (χ1) is 10.1. The molecule has 0 spiro atoms. The van der Waals surface area contributed by atoms with Gasteiger partial charge in [-0.25, -0.2) is 0 Å². The molecular weight excluding hydrogens is 272 g/mol. The Hall–Kier alpha value is -2.08. The van der Waals surface area contributed by atoms with Crippen LogP contribution < -0.4 is 14.4 Å². The molecule has 0 aromatic heterocycles. The SMILES string of the molecule is COc1cc(C=O)cc2c1OCC(=O)N2CCCN(C)C. The Balaban J connectivity index is 2.32. The van der Waals surface area contributed by atoms with Crippen LogP contribution in [0.25, 0.3) is 0 Å². The fourth-order valence-corrected chi connectivity index (χ4v) is 2.31. The quantitative estimate of drug-likeness (QED) is 0.737. The number of fused-ring (bicyclic) bond motifs is 1. The predicted octanol–water partition coefficient (Wildman–Crippen LogP) is 1.18. The summed E-state index contributed by atoms with van der Waals surface area (Å²) >= 11 is 0. The third kappa shape index (κ3) is 3.33. The van der Waals surface area contributed by atoms with E-state index in [1.54, 1.807) is 17.0 Å². The van der Waals surface area contributed by atoms with Gasteiger partial charge in [0.25, 0.3) is 5.91 Å². The van der Waals surface area contributed by atoms with Gasteiger partial charge in [0.05, 0.1) is 12.8 Å². The van der Waals surface area contributed by atoms with Crippen LogP contribution in [0, 0.1) is 0 Å². The Morgan fingerprint density at radius 3 is 2.81 bits per heavy atom. The van der Waals surface area contributed by atoms with Crippen molar-refractivity contribution in [2.24, 2.45) is 0 Å². The van der Waals surface area contributed by atoms with Crippen molar-refractivity contribution >= 4 is 17.9 Å². The van der Waals surface area contributed by atoms with E-state index in [9.17, 15) is 9.59 Å². The van der Waals surface area contributed by atoms with Gasteiger partial charge in [-0.15, -0.1) is 0 Å². The van der Waals surface area contributed by atoms with Gasteiger partial charge in [0, 0.05) is 12.1 Å². The zero-order chi connectivity index (χ0) is 15.4. The Morgan fingerprint density at radius 2 is 2.19 bits per heavy atom. The van der Waals surface area contributed by atoms with Crippen LogP contribution in [-0.2, 0) is 4.79 Å². The number of carbonyl (C=O) groups excluding carboxylic acids is 2. The molecule has 0 saturated carbocycles. The number of hydrogen-bond acceptors (Lipinski definition) is 5. The summed E-state index contributed by atoms with van der Waals surface area (Å²) in [7, 11) is 5.49. The lowest BCUT2D eigenvalue weighted by atomic mass is 10.1. The monoisotopic (exact) mass is 292 g/mol. The van der Waals surface area contributed by atoms with E-state index in [0.29, 0.717) is 29.3 Å². The van der Waals surface area contributed by atoms with Crippen LogP contribution in [-0.4, -0.2) is 58.0 Å². The molecule has 0 N–H and O–H groups in total. The average molecular weight is 292 g/mol. The molecule has 6 heteroatoms. The molecular formula is C15H20N2O4. The van der Waals surface area contributed by atoms with E-state index in [1.165, 1.54) is 7.11 Å². The van der Waals surface area contributed by atoms with Crippen molar-refractivity contribution in [3.63, 3.8) is 0 Å². The van der Waals surface area contributed by atoms with Crippen molar-refractivity contribution < 1.29 is 19.1 Å². The van der Waals surface area contributed by atoms with Gasteiger partial charge in [-0.2, -0.15) is 0 Å². The Bertz CT molecular complexity index is 543. The van der Waals surface area contributed by atoms with Crippen LogP contribution in [0.5, 0.6) is 11.5 Å². The number of ether oxygens (including phenoxy) is 2. The molecule has 0 bridgehead atoms. The Kier molecular flexibility index (Phi) is 4.80. The Morgan fingerprint density at radius 1 is 1.43 bits per heavy atom. The van der Waals surface area contributed by atoms with E-state index < -0.39 is 0 Å². The zero-order valence-corrected chi connectivity index (χ0v) is 12.6. The lowest BCUT2D eigenvalue weighted by Crippen LogP contribution is -2.40. The summed E-state index contributed by atoms with van der Waals surface area (Å²) in [6, 6.07) is 3.28. The van der Waals surface area contributed by atoms with E-state index in [-0.39, 0.29) is 12.5 Å². The average Bonchev–Trinajstić information content (AvgIpc) is 2.47. The minimum atomic E-state index is -0.105. The summed E-state index contributed by atoms with van der Waals surface area (Å²) in [5, 5.41) is 0. The number of methoxy groups -OCH3 is 1. The highest BCUT2D eigenvalue weighted by Crippen LogP contribution is 2.41. The highest BCUT2D eigenvalue weighted by molar-refractivity contribution is 5.99. The van der Waals surface area contributed by atoms with Gasteiger partial charge in [-0.3, -0.25) is 9.59 Å². The standard InChI is InChI=1S/C15H20N2O4/c1-16(2)5-4-6-17-12-7-11(9-18)8-13(20-3)15(12)21-10-14(17)19/h7-9H,4-6,10H2,1-3H3. The van der Waals surface area contributed by atoms with Crippen LogP contribution in [0.2, 0.25) is 0 Å². The van der Waals surface area contributed by atoms with Crippen molar-refractivity contribution in [3.8, 4) is 11.5 Å². The first kappa shape index (κ1) is 15.3. The molecule has 1 aliphatic rings. The van der Waals surface area contributed by atoms with Gasteiger partial charge < -0.3 is 19.3 Å². The number of aldehydes is 1. The minimum absolute atomic E-state index is 0.00817. The third-order valence-electron chi connectivity index (χ3n) is 3.33. The van der Waals surface area contributed by atoms with E-state index in [4.69, 9.17) is 9.47 Å². The predicted molar refractivity (Wildman–Crippen MR) is 79.4 cm³/mol. The normalized spacial score (nSPS) is 13.9. The molecule has 0 radical (unpaired) electrons. The molecule has 21 heavy (non-hydrogen) atoms. The number of hydrogen-bond donors (Lipinski definition) is 0. The van der Waals surface area contributed by atoms with E-state index in [0.717, 1.165) is 19.3 Å². The summed E-state index contributed by atoms with van der Waals surface area (Å²) in [6.45, 7) is 1.45. The van der Waals surface area contributed by atoms with Crippen molar-refractivity contribution in [3.05, 3.63) is 17.7 Å². The van der Waals surface area contributed by atoms with Gasteiger partial charge in [-0.05, 0) is 39.2 Å². The lowest BCUT2D eigenvalue weighted by molar-refractivity contribution is -0.121. The molecule has 0 fully saturated rings. The molecule has 0 aliphatic carbocycles.